The van der Waals surface area contributed by atoms with E-state index in [4.69, 9.17) is 10.5 Å². The van der Waals surface area contributed by atoms with E-state index in [1.807, 2.05) is 4.90 Å². The average molecular weight is 524 g/mol. The topological polar surface area (TPSA) is 85.0 Å². The van der Waals surface area contributed by atoms with E-state index in [2.05, 4.69) is 4.99 Å². The number of alkyl halides is 4. The molecule has 202 valence electrons. The smallest absolute Gasteiger partial charge is 0.404 e. The zero-order valence-corrected chi connectivity index (χ0v) is 21.0. The van der Waals surface area contributed by atoms with Crippen molar-refractivity contribution in [3.63, 3.8) is 0 Å². The molecule has 37 heavy (non-hydrogen) atoms. The van der Waals surface area contributed by atoms with Gasteiger partial charge in [-0.25, -0.2) is 9.18 Å². The Balaban J connectivity index is 1.50. The van der Waals surface area contributed by atoms with Gasteiger partial charge in [0.25, 0.3) is 5.91 Å². The summed E-state index contributed by atoms with van der Waals surface area (Å²) in [5.41, 5.74) is 5.76. The number of benzene rings is 1. The molecule has 0 spiro atoms. The maximum atomic E-state index is 14.0. The van der Waals surface area contributed by atoms with Crippen LogP contribution in [-0.2, 0) is 4.74 Å². The molecule has 3 aliphatic rings. The van der Waals surface area contributed by atoms with E-state index in [0.717, 1.165) is 19.8 Å². The minimum absolute atomic E-state index is 0.0259. The normalized spacial score (nSPS) is 28.8. The molecule has 1 heterocycles. The Hall–Kier alpha value is -2.91. The quantitative estimate of drug-likeness (QED) is 0.450. The molecule has 4 rings (SSSR count). The van der Waals surface area contributed by atoms with Gasteiger partial charge < -0.3 is 15.4 Å². The van der Waals surface area contributed by atoms with Crippen LogP contribution >= 0.6 is 0 Å². The Morgan fingerprint density at radius 3 is 2.24 bits per heavy atom. The van der Waals surface area contributed by atoms with Crippen molar-refractivity contribution in [2.75, 3.05) is 6.61 Å². The second-order valence-corrected chi connectivity index (χ2v) is 10.6. The summed E-state index contributed by atoms with van der Waals surface area (Å²) >= 11 is 0. The Morgan fingerprint density at radius 1 is 1.14 bits per heavy atom. The van der Waals surface area contributed by atoms with Crippen molar-refractivity contribution in [1.82, 2.24) is 4.90 Å². The standard InChI is InChI=1S/C27H33F4N3O3/c1-16-13-23(33-14-22(16)28)26(15-37-25(32)36)11-9-21(10-12-26)34(20-7-8-20)24(35)19-5-3-18(4-6-19)17(2)27(29,30)31/h3-6,13-14,16-17,20-22H,7-12,15H2,1-2H3,(H2,32,36)/t16?,17-,21?,22?,26?/m1/s1. The van der Waals surface area contributed by atoms with Gasteiger partial charge in [-0.1, -0.05) is 25.1 Å². The van der Waals surface area contributed by atoms with Crippen molar-refractivity contribution in [2.45, 2.75) is 82.7 Å². The van der Waals surface area contributed by atoms with Crippen LogP contribution in [0, 0.1) is 11.3 Å². The van der Waals surface area contributed by atoms with E-state index in [-0.39, 0.29) is 36.1 Å². The van der Waals surface area contributed by atoms with Gasteiger partial charge in [-0.05, 0) is 63.1 Å². The molecule has 3 atom stereocenters. The Kier molecular flexibility index (Phi) is 7.67. The highest BCUT2D eigenvalue weighted by atomic mass is 19.4. The van der Waals surface area contributed by atoms with Crippen LogP contribution in [0.3, 0.4) is 0 Å². The van der Waals surface area contributed by atoms with Crippen LogP contribution in [0.4, 0.5) is 22.4 Å². The Labute approximate surface area is 213 Å². The summed E-state index contributed by atoms with van der Waals surface area (Å²) in [6.45, 7) is 2.89. The molecule has 2 amide bonds. The van der Waals surface area contributed by atoms with Crippen LogP contribution < -0.4 is 5.73 Å². The third kappa shape index (κ3) is 5.99. The summed E-state index contributed by atoms with van der Waals surface area (Å²) in [5.74, 6) is -2.16. The van der Waals surface area contributed by atoms with Gasteiger partial charge in [0.1, 0.15) is 12.8 Å². The first-order valence-corrected chi connectivity index (χ1v) is 12.7. The van der Waals surface area contributed by atoms with Gasteiger partial charge in [0, 0.05) is 40.9 Å². The van der Waals surface area contributed by atoms with Gasteiger partial charge in [-0.15, -0.1) is 0 Å². The van der Waals surface area contributed by atoms with E-state index < -0.39 is 29.8 Å². The summed E-state index contributed by atoms with van der Waals surface area (Å²) in [7, 11) is 0. The second-order valence-electron chi connectivity index (χ2n) is 10.6. The van der Waals surface area contributed by atoms with Crippen LogP contribution in [-0.4, -0.2) is 54.2 Å². The van der Waals surface area contributed by atoms with Gasteiger partial charge in [0.15, 0.2) is 0 Å². The molecule has 1 aliphatic heterocycles. The predicted octanol–water partition coefficient (Wildman–Crippen LogP) is 5.92. The van der Waals surface area contributed by atoms with Gasteiger partial charge in [-0.3, -0.25) is 9.79 Å². The molecule has 6 nitrogen and oxygen atoms in total. The fraction of sp³-hybridized carbons (Fsp3) is 0.593. The number of allylic oxidation sites excluding steroid dienone is 1. The van der Waals surface area contributed by atoms with Crippen molar-refractivity contribution in [1.29, 1.82) is 0 Å². The van der Waals surface area contributed by atoms with Crippen molar-refractivity contribution in [3.8, 4) is 0 Å². The first-order valence-electron chi connectivity index (χ1n) is 12.7. The zero-order chi connectivity index (χ0) is 27.0. The number of hydrogen-bond donors (Lipinski definition) is 1. The van der Waals surface area contributed by atoms with Crippen LogP contribution in [0.5, 0.6) is 0 Å². The lowest BCUT2D eigenvalue weighted by atomic mass is 9.69. The number of rotatable bonds is 7. The van der Waals surface area contributed by atoms with Gasteiger partial charge in [0.05, 0.1) is 5.92 Å². The molecule has 0 bridgehead atoms. The van der Waals surface area contributed by atoms with Crippen LogP contribution in [0.25, 0.3) is 0 Å². The molecule has 0 saturated heterocycles. The van der Waals surface area contributed by atoms with Crippen LogP contribution in [0.15, 0.2) is 41.0 Å². The monoisotopic (exact) mass is 523 g/mol. The lowest BCUT2D eigenvalue weighted by Gasteiger charge is -2.44. The molecule has 2 fully saturated rings. The molecule has 10 heteroatoms. The number of primary amides is 1. The number of carbonyl (C=O) groups is 2. The minimum atomic E-state index is -4.35. The average Bonchev–Trinajstić information content (AvgIpc) is 3.69. The number of ether oxygens (including phenoxy) is 1. The molecule has 2 N–H and O–H groups in total. The molecule has 2 unspecified atom stereocenters. The van der Waals surface area contributed by atoms with Crippen LogP contribution in [0.1, 0.15) is 74.2 Å². The lowest BCUT2D eigenvalue weighted by molar-refractivity contribution is -0.146. The number of amides is 2. The highest BCUT2D eigenvalue weighted by Crippen LogP contribution is 2.47. The first-order chi connectivity index (χ1) is 17.4. The highest BCUT2D eigenvalue weighted by molar-refractivity contribution is 5.95. The summed E-state index contributed by atoms with van der Waals surface area (Å²) in [4.78, 5) is 31.1. The van der Waals surface area contributed by atoms with Gasteiger partial charge in [-0.2, -0.15) is 13.2 Å². The number of aliphatic imine (C=N–C) groups is 1. The fourth-order valence-electron chi connectivity index (χ4n) is 5.34. The number of carbonyl (C=O) groups excluding carboxylic acids is 2. The first kappa shape index (κ1) is 27.1. The molecular formula is C27H33F4N3O3. The Morgan fingerprint density at radius 2 is 1.73 bits per heavy atom. The van der Waals surface area contributed by atoms with E-state index in [9.17, 15) is 27.2 Å². The maximum absolute atomic E-state index is 14.0. The predicted molar refractivity (Wildman–Crippen MR) is 131 cm³/mol. The molecule has 0 aromatic heterocycles. The van der Waals surface area contributed by atoms with E-state index >= 15 is 0 Å². The largest absolute Gasteiger partial charge is 0.449 e. The SMILES string of the molecule is CC1C=C(C2(COC(N)=O)CCC(N(C(=O)c3ccc([C@@H](C)C(F)(F)F)cc3)C3CC3)CC2)N=CC1F. The molecule has 2 aliphatic carbocycles. The van der Waals surface area contributed by atoms with Crippen molar-refractivity contribution >= 4 is 18.2 Å². The highest BCUT2D eigenvalue weighted by Gasteiger charge is 2.46. The summed E-state index contributed by atoms with van der Waals surface area (Å²) in [5, 5.41) is 0. The number of hydrogen-bond acceptors (Lipinski definition) is 4. The van der Waals surface area contributed by atoms with Crippen molar-refractivity contribution in [3.05, 3.63) is 47.2 Å². The number of halogens is 4. The zero-order valence-electron chi connectivity index (χ0n) is 21.0. The van der Waals surface area contributed by atoms with E-state index in [1.54, 1.807) is 13.0 Å². The number of nitrogens with two attached hydrogens (primary N) is 1. The third-order valence-corrected chi connectivity index (χ3v) is 7.94. The molecule has 1 aromatic rings. The summed E-state index contributed by atoms with van der Waals surface area (Å²) < 4.78 is 58.4. The Bertz CT molecular complexity index is 1060. The molecule has 2 saturated carbocycles. The van der Waals surface area contributed by atoms with Crippen molar-refractivity contribution in [2.24, 2.45) is 22.1 Å². The lowest BCUT2D eigenvalue weighted by Crippen LogP contribution is -2.47. The molecule has 1 aromatic carbocycles. The number of nitrogens with zero attached hydrogens (tertiary/aromatic N) is 2. The van der Waals surface area contributed by atoms with Gasteiger partial charge >= 0.3 is 12.3 Å². The fourth-order valence-corrected chi connectivity index (χ4v) is 5.34. The second kappa shape index (κ2) is 10.5. The van der Waals surface area contributed by atoms with E-state index in [1.165, 1.54) is 30.5 Å². The molecule has 0 radical (unpaired) electrons. The summed E-state index contributed by atoms with van der Waals surface area (Å²) in [6.07, 6.45) is 0.773. The minimum Gasteiger partial charge on any atom is -0.449 e. The van der Waals surface area contributed by atoms with Crippen LogP contribution in [0.2, 0.25) is 0 Å². The van der Waals surface area contributed by atoms with E-state index in [0.29, 0.717) is 36.9 Å². The van der Waals surface area contributed by atoms with Gasteiger partial charge in [0.2, 0.25) is 0 Å². The van der Waals surface area contributed by atoms with Crippen molar-refractivity contribution < 1.29 is 31.9 Å². The third-order valence-electron chi connectivity index (χ3n) is 7.94. The summed E-state index contributed by atoms with van der Waals surface area (Å²) in [6, 6.07) is 5.71. The molecular weight excluding hydrogens is 490 g/mol. The maximum Gasteiger partial charge on any atom is 0.404 e.